The number of nitrogens with zero attached hydrogens (tertiary/aromatic N) is 4. The van der Waals surface area contributed by atoms with Crippen LogP contribution < -0.4 is 34.5 Å². The van der Waals surface area contributed by atoms with Crippen LogP contribution in [0.4, 0.5) is 34.5 Å². The highest BCUT2D eigenvalue weighted by molar-refractivity contribution is 7.92. The standard InChI is InChI=1S/C31H40ClN7O6S/c1-4-20-17-24(27(42-2)18-25(20)39-9-7-21(8-10-39)38-11-13-43-14-12-38)35-31-33-19-22(32)30(36-31)34-23-5-6-26-29(45-16-15-44-26)28(23)37-46(3,40)41/h5-6,17-19,21,37H,4,7-16H2,1-3H3,(H2,33,34,35,36). The first-order valence-corrected chi connectivity index (χ1v) is 17.7. The first kappa shape index (κ1) is 32.2. The second-order valence-electron chi connectivity index (χ2n) is 11.4. The van der Waals surface area contributed by atoms with Crippen LogP contribution >= 0.6 is 11.6 Å². The number of aryl methyl sites for hydroxylation is 1. The van der Waals surface area contributed by atoms with Crippen molar-refractivity contribution in [1.29, 1.82) is 0 Å². The van der Waals surface area contributed by atoms with Crippen molar-refractivity contribution in [2.24, 2.45) is 0 Å². The Morgan fingerprint density at radius 1 is 1.02 bits per heavy atom. The lowest BCUT2D eigenvalue weighted by atomic mass is 10.00. The Bertz CT molecular complexity index is 1660. The zero-order chi connectivity index (χ0) is 32.3. The largest absolute Gasteiger partial charge is 0.494 e. The maximum absolute atomic E-state index is 12.2. The summed E-state index contributed by atoms with van der Waals surface area (Å²) in [6.45, 7) is 8.42. The van der Waals surface area contributed by atoms with Gasteiger partial charge in [-0.1, -0.05) is 18.5 Å². The summed E-state index contributed by atoms with van der Waals surface area (Å²) in [5, 5.41) is 6.67. The Hall–Kier alpha value is -3.72. The van der Waals surface area contributed by atoms with Crippen LogP contribution in [0.25, 0.3) is 0 Å². The number of piperidine rings is 1. The van der Waals surface area contributed by atoms with Crippen LogP contribution in [0.15, 0.2) is 30.5 Å². The van der Waals surface area contributed by atoms with Crippen molar-refractivity contribution in [1.82, 2.24) is 14.9 Å². The van der Waals surface area contributed by atoms with E-state index in [9.17, 15) is 8.42 Å². The molecular weight excluding hydrogens is 634 g/mol. The summed E-state index contributed by atoms with van der Waals surface area (Å²) in [7, 11) is -2.00. The van der Waals surface area contributed by atoms with E-state index >= 15 is 0 Å². The van der Waals surface area contributed by atoms with Crippen molar-refractivity contribution < 1.29 is 27.4 Å². The van der Waals surface area contributed by atoms with Crippen molar-refractivity contribution in [3.8, 4) is 17.2 Å². The molecule has 0 unspecified atom stereocenters. The smallest absolute Gasteiger partial charge is 0.230 e. The minimum atomic E-state index is -3.65. The fraction of sp³-hybridized carbons (Fsp3) is 0.484. The van der Waals surface area contributed by atoms with Crippen LogP contribution in [-0.2, 0) is 21.2 Å². The molecule has 0 amide bonds. The van der Waals surface area contributed by atoms with Gasteiger partial charge in [0.1, 0.15) is 29.7 Å². The Morgan fingerprint density at radius 2 is 1.78 bits per heavy atom. The molecule has 2 fully saturated rings. The molecule has 3 aromatic rings. The van der Waals surface area contributed by atoms with Crippen molar-refractivity contribution in [3.63, 3.8) is 0 Å². The zero-order valence-corrected chi connectivity index (χ0v) is 27.8. The molecule has 248 valence electrons. The average molecular weight is 674 g/mol. The summed E-state index contributed by atoms with van der Waals surface area (Å²) in [5.41, 5.74) is 3.66. The predicted molar refractivity (Wildman–Crippen MR) is 180 cm³/mol. The molecule has 0 aliphatic carbocycles. The highest BCUT2D eigenvalue weighted by Crippen LogP contribution is 2.44. The van der Waals surface area contributed by atoms with Gasteiger partial charge >= 0.3 is 0 Å². The van der Waals surface area contributed by atoms with E-state index < -0.39 is 10.0 Å². The predicted octanol–water partition coefficient (Wildman–Crippen LogP) is 4.63. The lowest BCUT2D eigenvalue weighted by Crippen LogP contribution is -2.49. The number of rotatable bonds is 10. The molecule has 46 heavy (non-hydrogen) atoms. The Morgan fingerprint density at radius 3 is 2.50 bits per heavy atom. The van der Waals surface area contributed by atoms with Gasteiger partial charge in [-0.3, -0.25) is 9.62 Å². The molecule has 1 aromatic heterocycles. The van der Waals surface area contributed by atoms with E-state index in [1.807, 2.05) is 0 Å². The topological polar surface area (TPSA) is 139 Å². The van der Waals surface area contributed by atoms with Gasteiger partial charge in [0.15, 0.2) is 17.3 Å². The van der Waals surface area contributed by atoms with E-state index in [4.69, 9.17) is 30.5 Å². The quantitative estimate of drug-likeness (QED) is 0.276. The van der Waals surface area contributed by atoms with Crippen LogP contribution in [0.2, 0.25) is 5.02 Å². The molecule has 0 saturated carbocycles. The normalized spacial score (nSPS) is 17.4. The van der Waals surface area contributed by atoms with Crippen molar-refractivity contribution >= 4 is 56.1 Å². The molecule has 0 radical (unpaired) electrons. The number of ether oxygens (including phenoxy) is 4. The first-order valence-electron chi connectivity index (χ1n) is 15.5. The van der Waals surface area contributed by atoms with Crippen LogP contribution in [0.3, 0.4) is 0 Å². The summed E-state index contributed by atoms with van der Waals surface area (Å²) in [6.07, 6.45) is 5.61. The zero-order valence-electron chi connectivity index (χ0n) is 26.3. The second kappa shape index (κ2) is 14.0. The minimum Gasteiger partial charge on any atom is -0.494 e. The highest BCUT2D eigenvalue weighted by atomic mass is 35.5. The SMILES string of the molecule is CCc1cc(Nc2ncc(Cl)c(Nc3ccc4c(c3NS(C)(=O)=O)OCCO4)n2)c(OC)cc1N1CCC(N2CCOCC2)CC1. The highest BCUT2D eigenvalue weighted by Gasteiger charge is 2.28. The van der Waals surface area contributed by atoms with E-state index in [2.05, 4.69) is 54.2 Å². The van der Waals surface area contributed by atoms with Crippen molar-refractivity contribution in [2.75, 3.05) is 86.2 Å². The van der Waals surface area contributed by atoms with Crippen LogP contribution in [0, 0.1) is 0 Å². The number of nitrogens with one attached hydrogen (secondary N) is 3. The number of aromatic nitrogens is 2. The van der Waals surface area contributed by atoms with Crippen molar-refractivity contribution in [2.45, 2.75) is 32.2 Å². The van der Waals surface area contributed by atoms with Gasteiger partial charge in [0.2, 0.25) is 16.0 Å². The molecule has 15 heteroatoms. The first-order chi connectivity index (χ1) is 22.2. The number of hydrogen-bond acceptors (Lipinski definition) is 12. The molecule has 4 heterocycles. The monoisotopic (exact) mass is 673 g/mol. The van der Waals surface area contributed by atoms with Gasteiger partial charge in [-0.25, -0.2) is 13.4 Å². The molecule has 6 rings (SSSR count). The van der Waals surface area contributed by atoms with E-state index in [0.29, 0.717) is 29.8 Å². The number of hydrogen-bond donors (Lipinski definition) is 3. The lowest BCUT2D eigenvalue weighted by Gasteiger charge is -2.41. The van der Waals surface area contributed by atoms with E-state index in [1.165, 1.54) is 17.4 Å². The van der Waals surface area contributed by atoms with Gasteiger partial charge < -0.3 is 34.5 Å². The molecule has 0 bridgehead atoms. The number of benzene rings is 2. The van der Waals surface area contributed by atoms with Gasteiger partial charge in [-0.2, -0.15) is 4.98 Å². The summed E-state index contributed by atoms with van der Waals surface area (Å²) < 4.78 is 49.7. The molecule has 2 aromatic carbocycles. The van der Waals surface area contributed by atoms with Gasteiger partial charge in [0.05, 0.1) is 44.2 Å². The fourth-order valence-electron chi connectivity index (χ4n) is 6.14. The number of halogens is 1. The van der Waals surface area contributed by atoms with Gasteiger partial charge in [0.25, 0.3) is 0 Å². The molecule has 0 spiro atoms. The molecule has 3 aliphatic rings. The molecule has 3 N–H and O–H groups in total. The summed E-state index contributed by atoms with van der Waals surface area (Å²) in [5.74, 6) is 1.93. The third-order valence-corrected chi connectivity index (χ3v) is 9.24. The van der Waals surface area contributed by atoms with Crippen molar-refractivity contribution in [3.05, 3.63) is 41.0 Å². The molecular formula is C31H40ClN7O6S. The molecule has 2 saturated heterocycles. The van der Waals surface area contributed by atoms with Crippen LogP contribution in [-0.4, -0.2) is 95.3 Å². The fourth-order valence-corrected chi connectivity index (χ4v) is 6.85. The summed E-state index contributed by atoms with van der Waals surface area (Å²) in [4.78, 5) is 14.0. The van der Waals surface area contributed by atoms with E-state index in [-0.39, 0.29) is 34.8 Å². The number of methoxy groups -OCH3 is 1. The average Bonchev–Trinajstić information content (AvgIpc) is 3.07. The van der Waals surface area contributed by atoms with Gasteiger partial charge in [0, 0.05) is 44.0 Å². The van der Waals surface area contributed by atoms with E-state index in [1.54, 1.807) is 19.2 Å². The Kier molecular flexibility index (Phi) is 9.78. The summed E-state index contributed by atoms with van der Waals surface area (Å²) >= 11 is 6.50. The third kappa shape index (κ3) is 7.30. The maximum Gasteiger partial charge on any atom is 0.230 e. The number of sulfonamides is 1. The lowest BCUT2D eigenvalue weighted by molar-refractivity contribution is 0.0115. The van der Waals surface area contributed by atoms with Gasteiger partial charge in [-0.05, 0) is 43.0 Å². The molecule has 3 aliphatic heterocycles. The number of anilines is 6. The maximum atomic E-state index is 12.2. The minimum absolute atomic E-state index is 0.197. The van der Waals surface area contributed by atoms with Gasteiger partial charge in [-0.15, -0.1) is 0 Å². The number of fused-ring (bicyclic) bond motifs is 1. The third-order valence-electron chi connectivity index (χ3n) is 8.39. The van der Waals surface area contributed by atoms with Crippen LogP contribution in [0.1, 0.15) is 25.3 Å². The van der Waals surface area contributed by atoms with Crippen LogP contribution in [0.5, 0.6) is 17.2 Å². The second-order valence-corrected chi connectivity index (χ2v) is 13.6. The van der Waals surface area contributed by atoms with E-state index in [0.717, 1.165) is 70.6 Å². The Labute approximate surface area is 274 Å². The molecule has 0 atom stereocenters. The number of morpholine rings is 1. The summed E-state index contributed by atoms with van der Waals surface area (Å²) in [6, 6.07) is 8.14. The molecule has 13 nitrogen and oxygen atoms in total. The Balaban J connectivity index is 1.23.